The van der Waals surface area contributed by atoms with Crippen LogP contribution in [0.3, 0.4) is 0 Å². The van der Waals surface area contributed by atoms with Crippen LogP contribution in [-0.2, 0) is 19.1 Å². The van der Waals surface area contributed by atoms with Crippen molar-refractivity contribution in [3.8, 4) is 0 Å². The summed E-state index contributed by atoms with van der Waals surface area (Å²) in [6, 6.07) is 0. The zero-order chi connectivity index (χ0) is 26.5. The number of ether oxygens (including phenoxy) is 2. The molecule has 0 saturated carbocycles. The summed E-state index contributed by atoms with van der Waals surface area (Å²) in [6.45, 7) is 9.74. The molecule has 194 valence electrons. The minimum atomic E-state index is -1.77. The fraction of sp³-hybridized carbons (Fsp3) is 0.538. The lowest BCUT2D eigenvalue weighted by molar-refractivity contribution is -0.302. The Kier molecular flexibility index (Phi) is 9.76. The molecule has 0 radical (unpaired) electrons. The van der Waals surface area contributed by atoms with E-state index in [-0.39, 0.29) is 5.41 Å². The number of allylic oxidation sites excluding steroid dienone is 8. The highest BCUT2D eigenvalue weighted by molar-refractivity contribution is 5.81. The van der Waals surface area contributed by atoms with E-state index >= 15 is 0 Å². The van der Waals surface area contributed by atoms with Gasteiger partial charge in [0.25, 0.3) is 0 Å². The van der Waals surface area contributed by atoms with Gasteiger partial charge in [0.05, 0.1) is 6.10 Å². The molecule has 0 spiro atoms. The molecule has 2 aliphatic rings. The van der Waals surface area contributed by atoms with Crippen LogP contribution in [0, 0.1) is 5.41 Å². The highest BCUT2D eigenvalue weighted by atomic mass is 16.7. The van der Waals surface area contributed by atoms with E-state index in [0.717, 1.165) is 29.2 Å². The Morgan fingerprint density at radius 2 is 1.69 bits per heavy atom. The second-order valence-corrected chi connectivity index (χ2v) is 9.71. The maximum absolute atomic E-state index is 11.4. The lowest BCUT2D eigenvalue weighted by Crippen LogP contribution is -2.61. The molecule has 5 N–H and O–H groups in total. The van der Waals surface area contributed by atoms with Gasteiger partial charge in [0.1, 0.15) is 18.3 Å². The molecular formula is C26H36O9. The molecule has 1 heterocycles. The summed E-state index contributed by atoms with van der Waals surface area (Å²) in [4.78, 5) is 22.1. The first kappa shape index (κ1) is 28.7. The maximum atomic E-state index is 11.4. The van der Waals surface area contributed by atoms with Gasteiger partial charge in [-0.25, -0.2) is 9.59 Å². The van der Waals surface area contributed by atoms with Gasteiger partial charge in [-0.05, 0) is 55.7 Å². The molecule has 9 nitrogen and oxygen atoms in total. The van der Waals surface area contributed by atoms with Gasteiger partial charge in [0.15, 0.2) is 12.4 Å². The van der Waals surface area contributed by atoms with E-state index in [1.807, 2.05) is 32.1 Å². The number of aliphatic hydroxyl groups is 3. The number of aliphatic hydroxyl groups excluding tert-OH is 3. The third kappa shape index (κ3) is 7.46. The molecule has 1 aliphatic heterocycles. The van der Waals surface area contributed by atoms with E-state index in [4.69, 9.17) is 14.6 Å². The summed E-state index contributed by atoms with van der Waals surface area (Å²) in [7, 11) is 0. The SMILES string of the molecule is CC1=C(/C=C/C(C)=C/C=C/C(C)=C/C(=O)O)C(C)(C)CCC1O[C@@H]1O[C@H](C(=O)O)[C@@H](O)[C@H](O)[C@H]1O. The van der Waals surface area contributed by atoms with E-state index in [9.17, 15) is 30.0 Å². The number of carboxylic acids is 2. The fourth-order valence-corrected chi connectivity index (χ4v) is 4.27. The van der Waals surface area contributed by atoms with Gasteiger partial charge in [0, 0.05) is 6.08 Å². The van der Waals surface area contributed by atoms with Crippen molar-refractivity contribution in [3.63, 3.8) is 0 Å². The predicted octanol–water partition coefficient (Wildman–Crippen LogP) is 2.49. The van der Waals surface area contributed by atoms with Gasteiger partial charge in [-0.1, -0.05) is 49.8 Å². The van der Waals surface area contributed by atoms with Crippen molar-refractivity contribution >= 4 is 11.9 Å². The van der Waals surface area contributed by atoms with Crippen molar-refractivity contribution in [2.75, 3.05) is 0 Å². The molecule has 1 aliphatic carbocycles. The Hall–Kier alpha value is -2.56. The van der Waals surface area contributed by atoms with Crippen LogP contribution in [0.1, 0.15) is 47.5 Å². The van der Waals surface area contributed by atoms with Crippen LogP contribution < -0.4 is 0 Å². The van der Waals surface area contributed by atoms with Gasteiger partial charge < -0.3 is 35.0 Å². The number of aliphatic carboxylic acids is 2. The number of carbonyl (C=O) groups is 2. The van der Waals surface area contributed by atoms with E-state index < -0.39 is 48.7 Å². The average Bonchev–Trinajstić information content (AvgIpc) is 2.74. The molecule has 1 saturated heterocycles. The van der Waals surface area contributed by atoms with Crippen LogP contribution in [0.15, 0.2) is 58.7 Å². The Labute approximate surface area is 205 Å². The summed E-state index contributed by atoms with van der Waals surface area (Å²) >= 11 is 0. The Morgan fingerprint density at radius 1 is 1.03 bits per heavy atom. The first-order chi connectivity index (χ1) is 16.2. The predicted molar refractivity (Wildman–Crippen MR) is 128 cm³/mol. The van der Waals surface area contributed by atoms with Gasteiger partial charge in [-0.3, -0.25) is 0 Å². The summed E-state index contributed by atoms with van der Waals surface area (Å²) in [6.07, 6.45) is 3.07. The molecule has 35 heavy (non-hydrogen) atoms. The molecule has 0 aromatic heterocycles. The molecular weight excluding hydrogens is 456 g/mol. The van der Waals surface area contributed by atoms with Crippen molar-refractivity contribution in [3.05, 3.63) is 58.7 Å². The lowest BCUT2D eigenvalue weighted by Gasteiger charge is -2.42. The second-order valence-electron chi connectivity index (χ2n) is 9.71. The molecule has 0 bridgehead atoms. The van der Waals surface area contributed by atoms with Gasteiger partial charge in [0.2, 0.25) is 0 Å². The summed E-state index contributed by atoms with van der Waals surface area (Å²) in [5.74, 6) is -2.45. The van der Waals surface area contributed by atoms with Crippen LogP contribution in [-0.4, -0.2) is 74.3 Å². The third-order valence-electron chi connectivity index (χ3n) is 6.36. The molecule has 0 aromatic rings. The Morgan fingerprint density at radius 3 is 2.29 bits per heavy atom. The van der Waals surface area contributed by atoms with E-state index in [1.54, 1.807) is 19.1 Å². The van der Waals surface area contributed by atoms with Crippen molar-refractivity contribution in [2.45, 2.75) is 84.3 Å². The average molecular weight is 493 g/mol. The van der Waals surface area contributed by atoms with Crippen LogP contribution in [0.25, 0.3) is 0 Å². The van der Waals surface area contributed by atoms with Crippen molar-refractivity contribution < 1.29 is 44.6 Å². The van der Waals surface area contributed by atoms with E-state index in [2.05, 4.69) is 13.8 Å². The minimum absolute atomic E-state index is 0.164. The van der Waals surface area contributed by atoms with Gasteiger partial charge >= 0.3 is 11.9 Å². The molecule has 1 unspecified atom stereocenters. The smallest absolute Gasteiger partial charge is 0.335 e. The Bertz CT molecular complexity index is 954. The molecule has 6 atom stereocenters. The van der Waals surface area contributed by atoms with Gasteiger partial charge in [-0.2, -0.15) is 0 Å². The number of hydrogen-bond acceptors (Lipinski definition) is 7. The highest BCUT2D eigenvalue weighted by Gasteiger charge is 2.48. The highest BCUT2D eigenvalue weighted by Crippen LogP contribution is 2.42. The Balaban J connectivity index is 2.22. The number of hydrogen-bond donors (Lipinski definition) is 5. The van der Waals surface area contributed by atoms with E-state index in [0.29, 0.717) is 12.0 Å². The topological polar surface area (TPSA) is 154 Å². The summed E-state index contributed by atoms with van der Waals surface area (Å²) in [5, 5.41) is 48.3. The minimum Gasteiger partial charge on any atom is -0.479 e. The third-order valence-corrected chi connectivity index (χ3v) is 6.36. The van der Waals surface area contributed by atoms with Crippen molar-refractivity contribution in [1.82, 2.24) is 0 Å². The number of carboxylic acid groups (broad SMARTS) is 2. The largest absolute Gasteiger partial charge is 0.479 e. The quantitative estimate of drug-likeness (QED) is 0.254. The molecule has 1 fully saturated rings. The first-order valence-electron chi connectivity index (χ1n) is 11.5. The maximum Gasteiger partial charge on any atom is 0.335 e. The van der Waals surface area contributed by atoms with Crippen molar-refractivity contribution in [2.24, 2.45) is 5.41 Å². The van der Waals surface area contributed by atoms with E-state index in [1.165, 1.54) is 0 Å². The monoisotopic (exact) mass is 492 g/mol. The van der Waals surface area contributed by atoms with Crippen LogP contribution in [0.5, 0.6) is 0 Å². The standard InChI is InChI=1S/C26H36O9/c1-14(7-6-8-15(2)13-19(27)28)9-10-17-16(3)18(11-12-26(17,4)5)34-25-22(31)20(29)21(30)23(35-25)24(32)33/h6-10,13,18,20-23,25,29-31H,11-12H2,1-5H3,(H,27,28)(H,32,33)/b8-6+,10-9+,14-7+,15-13+/t18?,20-,21-,22+,23-,25+/m0/s1. The van der Waals surface area contributed by atoms with Crippen LogP contribution in [0.4, 0.5) is 0 Å². The van der Waals surface area contributed by atoms with Gasteiger partial charge in [-0.15, -0.1) is 0 Å². The van der Waals surface area contributed by atoms with Crippen molar-refractivity contribution in [1.29, 1.82) is 0 Å². The zero-order valence-corrected chi connectivity index (χ0v) is 20.7. The molecule has 2 rings (SSSR count). The summed E-state index contributed by atoms with van der Waals surface area (Å²) < 4.78 is 11.2. The second kappa shape index (κ2) is 11.9. The number of rotatable bonds is 8. The lowest BCUT2D eigenvalue weighted by atomic mass is 9.71. The fourth-order valence-electron chi connectivity index (χ4n) is 4.27. The van der Waals surface area contributed by atoms with Crippen LogP contribution in [0.2, 0.25) is 0 Å². The molecule has 0 amide bonds. The molecule has 0 aromatic carbocycles. The van der Waals surface area contributed by atoms with Crippen LogP contribution >= 0.6 is 0 Å². The normalized spacial score (nSPS) is 32.5. The summed E-state index contributed by atoms with van der Waals surface area (Å²) in [5.41, 5.74) is 3.31. The first-order valence-corrected chi connectivity index (χ1v) is 11.5. The zero-order valence-electron chi connectivity index (χ0n) is 20.7. The molecule has 9 heteroatoms.